The molecule has 0 aliphatic carbocycles. The quantitative estimate of drug-likeness (QED) is 0.692. The Morgan fingerprint density at radius 2 is 2.00 bits per heavy atom. The molecule has 0 saturated carbocycles. The van der Waals surface area contributed by atoms with Gasteiger partial charge in [0.05, 0.1) is 17.7 Å². The second-order valence-electron chi connectivity index (χ2n) is 5.05. The molecule has 0 aliphatic rings. The van der Waals surface area contributed by atoms with Crippen LogP contribution in [-0.2, 0) is 11.2 Å². The average Bonchev–Trinajstić information content (AvgIpc) is 2.85. The van der Waals surface area contributed by atoms with Crippen LogP contribution in [0.15, 0.2) is 36.5 Å². The van der Waals surface area contributed by atoms with E-state index in [4.69, 9.17) is 4.74 Å². The van der Waals surface area contributed by atoms with E-state index in [9.17, 15) is 10.1 Å². The number of benzene rings is 1. The SMILES string of the molecule is CCOC(=O)c1c(CC)c(C#N)n2cc3ccccc3cc12. The van der Waals surface area contributed by atoms with Crippen LogP contribution in [0.5, 0.6) is 0 Å². The maximum Gasteiger partial charge on any atom is 0.340 e. The lowest BCUT2D eigenvalue weighted by Crippen LogP contribution is -2.06. The molecule has 0 fully saturated rings. The lowest BCUT2D eigenvalue weighted by Gasteiger charge is -2.04. The Hall–Kier alpha value is -2.80. The first kappa shape index (κ1) is 14.2. The van der Waals surface area contributed by atoms with Crippen molar-refractivity contribution in [1.29, 1.82) is 5.26 Å². The predicted molar refractivity (Wildman–Crippen MR) is 85.0 cm³/mol. The van der Waals surface area contributed by atoms with E-state index in [1.807, 2.05) is 43.5 Å². The largest absolute Gasteiger partial charge is 0.462 e. The number of hydrogen-bond acceptors (Lipinski definition) is 3. The first-order chi connectivity index (χ1) is 10.7. The van der Waals surface area contributed by atoms with Gasteiger partial charge in [-0.1, -0.05) is 31.2 Å². The molecule has 3 rings (SSSR count). The molecule has 4 heteroatoms. The third-order valence-electron chi connectivity index (χ3n) is 3.84. The first-order valence-corrected chi connectivity index (χ1v) is 7.34. The number of carbonyl (C=O) groups excluding carboxylic acids is 1. The Labute approximate surface area is 128 Å². The van der Waals surface area contributed by atoms with Crippen molar-refractivity contribution in [3.63, 3.8) is 0 Å². The van der Waals surface area contributed by atoms with Gasteiger partial charge >= 0.3 is 5.97 Å². The van der Waals surface area contributed by atoms with Gasteiger partial charge in [0.1, 0.15) is 11.8 Å². The number of nitriles is 1. The van der Waals surface area contributed by atoms with E-state index in [0.29, 0.717) is 24.3 Å². The molecule has 0 unspecified atom stereocenters. The van der Waals surface area contributed by atoms with E-state index in [1.165, 1.54) is 0 Å². The third-order valence-corrected chi connectivity index (χ3v) is 3.84. The number of esters is 1. The fraction of sp³-hybridized carbons (Fsp3) is 0.222. The van der Waals surface area contributed by atoms with Crippen molar-refractivity contribution in [3.05, 3.63) is 53.3 Å². The molecule has 0 bridgehead atoms. The Morgan fingerprint density at radius 1 is 1.27 bits per heavy atom. The Kier molecular flexibility index (Phi) is 3.56. The van der Waals surface area contributed by atoms with Gasteiger partial charge in [-0.05, 0) is 30.2 Å². The number of carbonyl (C=O) groups is 1. The summed E-state index contributed by atoms with van der Waals surface area (Å²) < 4.78 is 6.99. The molecule has 2 aromatic heterocycles. The predicted octanol–water partition coefficient (Wildman–Crippen LogP) is 3.70. The molecule has 22 heavy (non-hydrogen) atoms. The Balaban J connectivity index is 2.43. The van der Waals surface area contributed by atoms with E-state index in [-0.39, 0.29) is 5.97 Å². The van der Waals surface area contributed by atoms with Gasteiger partial charge in [0, 0.05) is 11.8 Å². The van der Waals surface area contributed by atoms with Crippen molar-refractivity contribution in [2.24, 2.45) is 0 Å². The highest BCUT2D eigenvalue weighted by atomic mass is 16.5. The number of rotatable bonds is 3. The molecule has 110 valence electrons. The molecule has 0 atom stereocenters. The summed E-state index contributed by atoms with van der Waals surface area (Å²) in [5.74, 6) is -0.367. The molecule has 3 aromatic rings. The highest BCUT2D eigenvalue weighted by Gasteiger charge is 2.23. The lowest BCUT2D eigenvalue weighted by molar-refractivity contribution is 0.0527. The number of aromatic nitrogens is 1. The fourth-order valence-corrected chi connectivity index (χ4v) is 2.88. The molecule has 0 aliphatic heterocycles. The van der Waals surface area contributed by atoms with Crippen molar-refractivity contribution in [2.75, 3.05) is 6.61 Å². The molecule has 0 saturated heterocycles. The van der Waals surface area contributed by atoms with Crippen molar-refractivity contribution >= 4 is 22.3 Å². The van der Waals surface area contributed by atoms with Crippen LogP contribution in [0.2, 0.25) is 0 Å². The lowest BCUT2D eigenvalue weighted by atomic mass is 10.1. The zero-order chi connectivity index (χ0) is 15.7. The van der Waals surface area contributed by atoms with Crippen LogP contribution in [0.3, 0.4) is 0 Å². The minimum Gasteiger partial charge on any atom is -0.462 e. The van der Waals surface area contributed by atoms with E-state index in [1.54, 1.807) is 11.3 Å². The molecule has 0 amide bonds. The highest BCUT2D eigenvalue weighted by molar-refractivity contribution is 6.02. The molecule has 0 N–H and O–H groups in total. The second kappa shape index (κ2) is 5.53. The molecule has 2 heterocycles. The van der Waals surface area contributed by atoms with Crippen LogP contribution < -0.4 is 0 Å². The van der Waals surface area contributed by atoms with Crippen molar-refractivity contribution < 1.29 is 9.53 Å². The van der Waals surface area contributed by atoms with E-state index >= 15 is 0 Å². The van der Waals surface area contributed by atoms with Gasteiger partial charge in [0.25, 0.3) is 0 Å². The third kappa shape index (κ3) is 2.03. The highest BCUT2D eigenvalue weighted by Crippen LogP contribution is 2.28. The Morgan fingerprint density at radius 3 is 2.64 bits per heavy atom. The summed E-state index contributed by atoms with van der Waals surface area (Å²) >= 11 is 0. The summed E-state index contributed by atoms with van der Waals surface area (Å²) in [7, 11) is 0. The molecule has 0 radical (unpaired) electrons. The summed E-state index contributed by atoms with van der Waals surface area (Å²) in [5.41, 5.74) is 2.49. The maximum atomic E-state index is 12.4. The van der Waals surface area contributed by atoms with Crippen molar-refractivity contribution in [1.82, 2.24) is 4.40 Å². The summed E-state index contributed by atoms with van der Waals surface area (Å²) in [6.45, 7) is 4.04. The van der Waals surface area contributed by atoms with Gasteiger partial charge in [0.2, 0.25) is 0 Å². The van der Waals surface area contributed by atoms with Gasteiger partial charge in [-0.15, -0.1) is 0 Å². The number of fused-ring (bicyclic) bond motifs is 2. The normalized spacial score (nSPS) is 10.8. The molecular formula is C18H16N2O2. The molecule has 4 nitrogen and oxygen atoms in total. The Bertz CT molecular complexity index is 916. The van der Waals surface area contributed by atoms with Crippen LogP contribution in [0, 0.1) is 11.3 Å². The standard InChI is InChI=1S/C18H16N2O2/c1-3-14-16(10-19)20-11-13-8-6-5-7-12(13)9-15(20)17(14)18(21)22-4-2/h5-9,11H,3-4H2,1-2H3. The molecule has 1 aromatic carbocycles. The maximum absolute atomic E-state index is 12.4. The first-order valence-electron chi connectivity index (χ1n) is 7.34. The van der Waals surface area contributed by atoms with Crippen molar-refractivity contribution in [2.45, 2.75) is 20.3 Å². The van der Waals surface area contributed by atoms with Crippen molar-refractivity contribution in [3.8, 4) is 6.07 Å². The summed E-state index contributed by atoms with van der Waals surface area (Å²) in [6, 6.07) is 12.1. The van der Waals surface area contributed by atoms with Gasteiger partial charge in [-0.3, -0.25) is 0 Å². The van der Waals surface area contributed by atoms with Gasteiger partial charge in [-0.25, -0.2) is 4.79 Å². The zero-order valence-corrected chi connectivity index (χ0v) is 12.6. The minimum atomic E-state index is -0.367. The number of nitrogens with zero attached hydrogens (tertiary/aromatic N) is 2. The number of pyridine rings is 1. The number of ether oxygens (including phenoxy) is 1. The van der Waals surface area contributed by atoms with Gasteiger partial charge in [0.15, 0.2) is 0 Å². The smallest absolute Gasteiger partial charge is 0.340 e. The van der Waals surface area contributed by atoms with Crippen LogP contribution in [0.25, 0.3) is 16.3 Å². The topological polar surface area (TPSA) is 54.5 Å². The van der Waals surface area contributed by atoms with Crippen LogP contribution in [-0.4, -0.2) is 17.0 Å². The van der Waals surface area contributed by atoms with Crippen LogP contribution >= 0.6 is 0 Å². The van der Waals surface area contributed by atoms with Gasteiger partial charge < -0.3 is 9.14 Å². The van der Waals surface area contributed by atoms with Crippen LogP contribution in [0.4, 0.5) is 0 Å². The summed E-state index contributed by atoms with van der Waals surface area (Å²) in [6.07, 6.45) is 2.51. The van der Waals surface area contributed by atoms with Crippen LogP contribution in [0.1, 0.15) is 35.5 Å². The number of hydrogen-bond donors (Lipinski definition) is 0. The van der Waals surface area contributed by atoms with E-state index < -0.39 is 0 Å². The summed E-state index contributed by atoms with van der Waals surface area (Å²) in [5, 5.41) is 11.6. The molecule has 0 spiro atoms. The summed E-state index contributed by atoms with van der Waals surface area (Å²) in [4.78, 5) is 12.4. The monoisotopic (exact) mass is 292 g/mol. The van der Waals surface area contributed by atoms with E-state index in [2.05, 4.69) is 6.07 Å². The minimum absolute atomic E-state index is 0.314. The van der Waals surface area contributed by atoms with Gasteiger partial charge in [-0.2, -0.15) is 5.26 Å². The fourth-order valence-electron chi connectivity index (χ4n) is 2.88. The van der Waals surface area contributed by atoms with E-state index in [0.717, 1.165) is 21.9 Å². The zero-order valence-electron chi connectivity index (χ0n) is 12.6. The molecular weight excluding hydrogens is 276 g/mol. The second-order valence-corrected chi connectivity index (χ2v) is 5.05. The average molecular weight is 292 g/mol.